The molecule has 0 bridgehead atoms. The summed E-state index contributed by atoms with van der Waals surface area (Å²) in [5.74, 6) is -1.07. The van der Waals surface area contributed by atoms with Gasteiger partial charge in [0.15, 0.2) is 0 Å². The van der Waals surface area contributed by atoms with Crippen LogP contribution in [0.5, 0.6) is 0 Å². The van der Waals surface area contributed by atoms with Crippen LogP contribution < -0.4 is 0 Å². The highest BCUT2D eigenvalue weighted by Crippen LogP contribution is 2.19. The number of piperidine rings is 1. The Morgan fingerprint density at radius 2 is 2.04 bits per heavy atom. The van der Waals surface area contributed by atoms with Crippen LogP contribution in [0.3, 0.4) is 0 Å². The summed E-state index contributed by atoms with van der Waals surface area (Å²) in [5.41, 5.74) is -0.0820. The minimum atomic E-state index is -0.543. The van der Waals surface area contributed by atoms with Crippen molar-refractivity contribution in [2.45, 2.75) is 19.8 Å². The summed E-state index contributed by atoms with van der Waals surface area (Å²) in [5, 5.41) is 27.3. The van der Waals surface area contributed by atoms with Crippen molar-refractivity contribution < 1.29 is 24.5 Å². The second-order valence-corrected chi connectivity index (χ2v) is 5.48. The number of ether oxygens (including phenoxy) is 1. The van der Waals surface area contributed by atoms with Gasteiger partial charge in [-0.25, -0.2) is 0 Å². The van der Waals surface area contributed by atoms with Gasteiger partial charge in [0, 0.05) is 32.4 Å². The largest absolute Gasteiger partial charge is 0.466 e. The zero-order valence-corrected chi connectivity index (χ0v) is 14.0. The Labute approximate surface area is 141 Å². The molecule has 0 radical (unpaired) electrons. The number of carbonyl (C=O) groups is 2. The van der Waals surface area contributed by atoms with Crippen molar-refractivity contribution in [1.29, 1.82) is 5.26 Å². The van der Waals surface area contributed by atoms with E-state index in [1.807, 2.05) is 6.07 Å². The maximum Gasteiger partial charge on any atom is 0.310 e. The average molecular weight is 339 g/mol. The number of rotatable bonds is 8. The molecule has 0 aromatic heterocycles. The lowest BCUT2D eigenvalue weighted by Crippen LogP contribution is -2.39. The Kier molecular flexibility index (Phi) is 8.83. The fourth-order valence-corrected chi connectivity index (χ4v) is 2.62. The van der Waals surface area contributed by atoms with Crippen LogP contribution in [-0.2, 0) is 14.3 Å². The number of aliphatic hydroxyl groups excluding tert-OH is 2. The molecule has 1 unspecified atom stereocenters. The van der Waals surface area contributed by atoms with Crippen molar-refractivity contribution in [3.05, 3.63) is 11.8 Å². The van der Waals surface area contributed by atoms with Gasteiger partial charge in [-0.3, -0.25) is 9.59 Å². The smallest absolute Gasteiger partial charge is 0.310 e. The molecular weight excluding hydrogens is 314 g/mol. The number of esters is 1. The number of hydrogen-bond acceptors (Lipinski definition) is 7. The third-order valence-electron chi connectivity index (χ3n) is 3.76. The molecule has 0 spiro atoms. The van der Waals surface area contributed by atoms with Gasteiger partial charge in [0.05, 0.1) is 25.7 Å². The number of nitriles is 1. The Hall–Kier alpha value is -2.11. The van der Waals surface area contributed by atoms with Gasteiger partial charge in [-0.05, 0) is 19.8 Å². The van der Waals surface area contributed by atoms with Gasteiger partial charge < -0.3 is 24.7 Å². The number of amides is 1. The van der Waals surface area contributed by atoms with Crippen LogP contribution in [0.4, 0.5) is 0 Å². The topological polar surface area (TPSA) is 114 Å². The number of aliphatic hydroxyl groups is 2. The molecule has 1 saturated heterocycles. The van der Waals surface area contributed by atoms with E-state index < -0.39 is 5.91 Å². The highest BCUT2D eigenvalue weighted by Gasteiger charge is 2.27. The summed E-state index contributed by atoms with van der Waals surface area (Å²) < 4.78 is 5.03. The van der Waals surface area contributed by atoms with Crippen molar-refractivity contribution in [3.8, 4) is 6.07 Å². The third-order valence-corrected chi connectivity index (χ3v) is 3.76. The molecule has 0 aromatic rings. The zero-order chi connectivity index (χ0) is 17.9. The molecule has 0 aromatic carbocycles. The summed E-state index contributed by atoms with van der Waals surface area (Å²) >= 11 is 0. The van der Waals surface area contributed by atoms with E-state index in [9.17, 15) is 14.9 Å². The summed E-state index contributed by atoms with van der Waals surface area (Å²) in [4.78, 5) is 27.2. The molecule has 8 heteroatoms. The van der Waals surface area contributed by atoms with Gasteiger partial charge in [-0.2, -0.15) is 5.26 Å². The van der Waals surface area contributed by atoms with Crippen LogP contribution in [0.25, 0.3) is 0 Å². The molecule has 1 fully saturated rings. The van der Waals surface area contributed by atoms with Crippen molar-refractivity contribution >= 4 is 11.9 Å². The summed E-state index contributed by atoms with van der Waals surface area (Å²) in [7, 11) is 0. The van der Waals surface area contributed by atoms with E-state index >= 15 is 0 Å². The van der Waals surface area contributed by atoms with E-state index in [2.05, 4.69) is 0 Å². The minimum Gasteiger partial charge on any atom is -0.466 e. The van der Waals surface area contributed by atoms with E-state index in [1.165, 1.54) is 11.1 Å². The molecule has 1 atom stereocenters. The number of carbonyl (C=O) groups excluding carboxylic acids is 2. The molecule has 1 aliphatic heterocycles. The molecule has 8 nitrogen and oxygen atoms in total. The first-order valence-electron chi connectivity index (χ1n) is 8.10. The molecule has 1 rings (SSSR count). The maximum absolute atomic E-state index is 12.3. The van der Waals surface area contributed by atoms with Crippen LogP contribution in [-0.4, -0.2) is 77.9 Å². The van der Waals surface area contributed by atoms with Crippen molar-refractivity contribution in [2.75, 3.05) is 46.0 Å². The standard InChI is InChI=1S/C16H25N3O5/c1-2-24-16(23)13-4-3-5-18(11-13)12-14(10-17)15(22)19(6-8-20)7-9-21/h12-13,20-21H,2-9,11H2,1H3/b14-12-. The molecule has 2 N–H and O–H groups in total. The number of hydrogen-bond donors (Lipinski definition) is 2. The van der Waals surface area contributed by atoms with E-state index in [0.29, 0.717) is 19.7 Å². The van der Waals surface area contributed by atoms with Crippen LogP contribution in [0.1, 0.15) is 19.8 Å². The molecule has 24 heavy (non-hydrogen) atoms. The highest BCUT2D eigenvalue weighted by atomic mass is 16.5. The van der Waals surface area contributed by atoms with E-state index in [-0.39, 0.29) is 43.8 Å². The average Bonchev–Trinajstić information content (AvgIpc) is 2.59. The van der Waals surface area contributed by atoms with Crippen LogP contribution >= 0.6 is 0 Å². The summed E-state index contributed by atoms with van der Waals surface area (Å²) in [6.07, 6.45) is 2.94. The second kappa shape index (κ2) is 10.6. The molecule has 1 amide bonds. The predicted molar refractivity (Wildman–Crippen MR) is 85.4 cm³/mol. The normalized spacial score (nSPS) is 18.0. The third kappa shape index (κ3) is 5.83. The Bertz CT molecular complexity index is 494. The van der Waals surface area contributed by atoms with E-state index in [1.54, 1.807) is 11.8 Å². The molecule has 1 heterocycles. The monoisotopic (exact) mass is 339 g/mol. The Morgan fingerprint density at radius 3 is 2.58 bits per heavy atom. The maximum atomic E-state index is 12.3. The zero-order valence-electron chi connectivity index (χ0n) is 14.0. The Morgan fingerprint density at radius 1 is 1.38 bits per heavy atom. The van der Waals surface area contributed by atoms with Crippen molar-refractivity contribution in [3.63, 3.8) is 0 Å². The Balaban J connectivity index is 2.80. The van der Waals surface area contributed by atoms with Gasteiger partial charge in [0.2, 0.25) is 0 Å². The quantitative estimate of drug-likeness (QED) is 0.347. The number of likely N-dealkylation sites (tertiary alicyclic amines) is 1. The lowest BCUT2D eigenvalue weighted by Gasteiger charge is -2.31. The van der Waals surface area contributed by atoms with Crippen LogP contribution in [0.15, 0.2) is 11.8 Å². The molecule has 0 aliphatic carbocycles. The minimum absolute atomic E-state index is 0.0455. The highest BCUT2D eigenvalue weighted by molar-refractivity contribution is 5.97. The number of nitrogens with zero attached hydrogens (tertiary/aromatic N) is 3. The fraction of sp³-hybridized carbons (Fsp3) is 0.688. The van der Waals surface area contributed by atoms with Gasteiger partial charge in [-0.1, -0.05) is 0 Å². The van der Waals surface area contributed by atoms with E-state index in [4.69, 9.17) is 14.9 Å². The first-order valence-corrected chi connectivity index (χ1v) is 8.10. The van der Waals surface area contributed by atoms with E-state index in [0.717, 1.165) is 12.8 Å². The van der Waals surface area contributed by atoms with Crippen molar-refractivity contribution in [2.24, 2.45) is 5.92 Å². The first-order chi connectivity index (χ1) is 11.6. The summed E-state index contributed by atoms with van der Waals surface area (Å²) in [6.45, 7) is 2.71. The predicted octanol–water partition coefficient (Wildman–Crippen LogP) is -0.518. The van der Waals surface area contributed by atoms with Gasteiger partial charge in [0.25, 0.3) is 5.91 Å². The van der Waals surface area contributed by atoms with Crippen LogP contribution in [0, 0.1) is 17.2 Å². The second-order valence-electron chi connectivity index (χ2n) is 5.48. The molecule has 1 aliphatic rings. The van der Waals surface area contributed by atoms with Gasteiger partial charge in [-0.15, -0.1) is 0 Å². The SMILES string of the molecule is CCOC(=O)C1CCCN(/C=C(/C#N)C(=O)N(CCO)CCO)C1. The molecular formula is C16H25N3O5. The lowest BCUT2D eigenvalue weighted by atomic mass is 9.98. The first kappa shape index (κ1) is 19.9. The summed E-state index contributed by atoms with van der Waals surface area (Å²) in [6, 6.07) is 1.86. The lowest BCUT2D eigenvalue weighted by molar-refractivity contribution is -0.149. The van der Waals surface area contributed by atoms with Crippen LogP contribution in [0.2, 0.25) is 0 Å². The van der Waals surface area contributed by atoms with Crippen molar-refractivity contribution in [1.82, 2.24) is 9.80 Å². The molecule has 0 saturated carbocycles. The molecule has 134 valence electrons. The van der Waals surface area contributed by atoms with Gasteiger partial charge in [0.1, 0.15) is 11.6 Å². The fourth-order valence-electron chi connectivity index (χ4n) is 2.62. The van der Waals surface area contributed by atoms with Gasteiger partial charge >= 0.3 is 5.97 Å².